The zero-order valence-corrected chi connectivity index (χ0v) is 15.9. The molecule has 0 saturated carbocycles. The van der Waals surface area contributed by atoms with Crippen LogP contribution in [0.2, 0.25) is 0 Å². The summed E-state index contributed by atoms with van der Waals surface area (Å²) in [5, 5.41) is 13.6. The summed E-state index contributed by atoms with van der Waals surface area (Å²) in [5.41, 5.74) is 7.86. The summed E-state index contributed by atoms with van der Waals surface area (Å²) in [6.45, 7) is -0.555. The Morgan fingerprint density at radius 2 is 1.70 bits per heavy atom. The number of anilines is 2. The third-order valence-corrected chi connectivity index (χ3v) is 4.33. The number of ether oxygens (including phenoxy) is 1. The number of amides is 1. The average molecular weight is 405 g/mol. The van der Waals surface area contributed by atoms with Gasteiger partial charge >= 0.3 is 5.97 Å². The molecule has 3 rings (SSSR count). The summed E-state index contributed by atoms with van der Waals surface area (Å²) in [6, 6.07) is 20.6. The zero-order valence-electron chi connectivity index (χ0n) is 15.9. The van der Waals surface area contributed by atoms with Gasteiger partial charge < -0.3 is 15.8 Å². The zero-order chi connectivity index (χ0) is 21.5. The fourth-order valence-corrected chi connectivity index (χ4v) is 2.84. The van der Waals surface area contributed by atoms with Gasteiger partial charge in [0.2, 0.25) is 0 Å². The molecule has 0 heterocycles. The van der Waals surface area contributed by atoms with Crippen molar-refractivity contribution in [2.24, 2.45) is 0 Å². The monoisotopic (exact) mass is 405 g/mol. The molecular weight excluding hydrogens is 386 g/mol. The summed E-state index contributed by atoms with van der Waals surface area (Å²) in [6.07, 6.45) is 0.626. The molecule has 0 aliphatic rings. The van der Waals surface area contributed by atoms with E-state index >= 15 is 0 Å². The lowest BCUT2D eigenvalue weighted by Crippen LogP contribution is -2.22. The Labute approximate surface area is 172 Å². The van der Waals surface area contributed by atoms with Crippen LogP contribution in [0.1, 0.15) is 21.5 Å². The summed E-state index contributed by atoms with van der Waals surface area (Å²) in [5.74, 6) is -1.45. The van der Waals surface area contributed by atoms with E-state index in [9.17, 15) is 19.7 Å². The molecule has 0 unspecified atom stereocenters. The smallest absolute Gasteiger partial charge is 0.341 e. The number of nitrogens with zero attached hydrogens (tertiary/aromatic N) is 1. The van der Waals surface area contributed by atoms with Crippen molar-refractivity contribution in [3.05, 3.63) is 99.6 Å². The highest BCUT2D eigenvalue weighted by molar-refractivity contribution is 5.98. The van der Waals surface area contributed by atoms with Gasteiger partial charge in [0.15, 0.2) is 6.61 Å². The van der Waals surface area contributed by atoms with Gasteiger partial charge in [-0.05, 0) is 29.7 Å². The molecule has 3 N–H and O–H groups in total. The molecule has 8 heteroatoms. The molecule has 0 fully saturated rings. The van der Waals surface area contributed by atoms with E-state index < -0.39 is 23.4 Å². The van der Waals surface area contributed by atoms with E-state index in [2.05, 4.69) is 5.32 Å². The summed E-state index contributed by atoms with van der Waals surface area (Å²) < 4.78 is 4.98. The topological polar surface area (TPSA) is 125 Å². The first-order valence-electron chi connectivity index (χ1n) is 9.07. The molecule has 30 heavy (non-hydrogen) atoms. The number of rotatable bonds is 7. The molecular formula is C22H19N3O5. The van der Waals surface area contributed by atoms with Crippen molar-refractivity contribution in [2.75, 3.05) is 17.7 Å². The van der Waals surface area contributed by atoms with Gasteiger partial charge in [-0.2, -0.15) is 0 Å². The standard InChI is InChI=1S/C22H19N3O5/c23-19-11-10-17(25(28)29)13-18(19)22(27)30-14-21(26)24-20-9-5-4-8-16(20)12-15-6-2-1-3-7-15/h1-11,13H,12,14,23H2,(H,24,26). The SMILES string of the molecule is Nc1ccc([N+](=O)[O-])cc1C(=O)OCC(=O)Nc1ccccc1Cc1ccccc1. The lowest BCUT2D eigenvalue weighted by Gasteiger charge is -2.12. The molecule has 152 valence electrons. The fraction of sp³-hybridized carbons (Fsp3) is 0.0909. The maximum atomic E-state index is 12.3. The van der Waals surface area contributed by atoms with E-state index in [4.69, 9.17) is 10.5 Å². The first kappa shape index (κ1) is 20.5. The summed E-state index contributed by atoms with van der Waals surface area (Å²) in [4.78, 5) is 34.7. The lowest BCUT2D eigenvalue weighted by atomic mass is 10.0. The minimum atomic E-state index is -0.913. The number of nitrogen functional groups attached to an aromatic ring is 1. The molecule has 0 aliphatic heterocycles. The van der Waals surface area contributed by atoms with Crippen LogP contribution in [0.4, 0.5) is 17.1 Å². The van der Waals surface area contributed by atoms with Crippen molar-refractivity contribution in [1.29, 1.82) is 0 Å². The number of nitro groups is 1. The number of hydrogen-bond acceptors (Lipinski definition) is 6. The third-order valence-electron chi connectivity index (χ3n) is 4.33. The van der Waals surface area contributed by atoms with Crippen LogP contribution in [0.3, 0.4) is 0 Å². The van der Waals surface area contributed by atoms with E-state index in [1.54, 1.807) is 12.1 Å². The highest BCUT2D eigenvalue weighted by Gasteiger charge is 2.18. The fourth-order valence-electron chi connectivity index (χ4n) is 2.84. The van der Waals surface area contributed by atoms with Gasteiger partial charge in [-0.15, -0.1) is 0 Å². The molecule has 0 atom stereocenters. The van der Waals surface area contributed by atoms with Crippen LogP contribution in [0.5, 0.6) is 0 Å². The van der Waals surface area contributed by atoms with E-state index in [1.807, 2.05) is 42.5 Å². The van der Waals surface area contributed by atoms with Crippen LogP contribution >= 0.6 is 0 Å². The number of carbonyl (C=O) groups is 2. The number of carbonyl (C=O) groups excluding carboxylic acids is 2. The normalized spacial score (nSPS) is 10.3. The van der Waals surface area contributed by atoms with Crippen molar-refractivity contribution in [2.45, 2.75) is 6.42 Å². The molecule has 8 nitrogen and oxygen atoms in total. The van der Waals surface area contributed by atoms with E-state index in [0.29, 0.717) is 12.1 Å². The van der Waals surface area contributed by atoms with Gasteiger partial charge in [-0.25, -0.2) is 4.79 Å². The van der Waals surface area contributed by atoms with Gasteiger partial charge in [0.1, 0.15) is 0 Å². The van der Waals surface area contributed by atoms with Crippen molar-refractivity contribution in [3.8, 4) is 0 Å². The number of hydrogen-bond donors (Lipinski definition) is 2. The second-order valence-corrected chi connectivity index (χ2v) is 6.47. The average Bonchev–Trinajstić information content (AvgIpc) is 2.74. The molecule has 0 radical (unpaired) electrons. The minimum absolute atomic E-state index is 0.0271. The van der Waals surface area contributed by atoms with Gasteiger partial charge in [0, 0.05) is 23.5 Å². The molecule has 1 amide bonds. The van der Waals surface area contributed by atoms with Crippen molar-refractivity contribution >= 4 is 28.9 Å². The van der Waals surface area contributed by atoms with Crippen LogP contribution in [0.25, 0.3) is 0 Å². The van der Waals surface area contributed by atoms with Crippen LogP contribution in [0, 0.1) is 10.1 Å². The lowest BCUT2D eigenvalue weighted by molar-refractivity contribution is -0.384. The van der Waals surface area contributed by atoms with E-state index in [1.165, 1.54) is 12.1 Å². The van der Waals surface area contributed by atoms with Gasteiger partial charge in [0.25, 0.3) is 11.6 Å². The summed E-state index contributed by atoms with van der Waals surface area (Å²) >= 11 is 0. The second kappa shape index (κ2) is 9.33. The molecule has 0 saturated heterocycles. The Morgan fingerprint density at radius 3 is 2.43 bits per heavy atom. The maximum absolute atomic E-state index is 12.3. The quantitative estimate of drug-likeness (QED) is 0.268. The third kappa shape index (κ3) is 5.20. The first-order valence-corrected chi connectivity index (χ1v) is 9.07. The van der Waals surface area contributed by atoms with Crippen LogP contribution in [0.15, 0.2) is 72.8 Å². The van der Waals surface area contributed by atoms with Gasteiger partial charge in [0.05, 0.1) is 10.5 Å². The predicted octanol–water partition coefficient (Wildman–Crippen LogP) is 3.56. The number of nitrogens with two attached hydrogens (primary N) is 1. The Morgan fingerprint density at radius 1 is 1.00 bits per heavy atom. The number of esters is 1. The molecule has 0 spiro atoms. The van der Waals surface area contributed by atoms with Crippen LogP contribution < -0.4 is 11.1 Å². The number of nitrogens with one attached hydrogen (secondary N) is 1. The number of para-hydroxylation sites is 1. The Bertz CT molecular complexity index is 1080. The minimum Gasteiger partial charge on any atom is -0.452 e. The number of benzene rings is 3. The highest BCUT2D eigenvalue weighted by atomic mass is 16.6. The van der Waals surface area contributed by atoms with E-state index in [-0.39, 0.29) is 16.9 Å². The molecule has 3 aromatic carbocycles. The second-order valence-electron chi connectivity index (χ2n) is 6.47. The van der Waals surface area contributed by atoms with Crippen LogP contribution in [-0.2, 0) is 16.0 Å². The molecule has 0 bridgehead atoms. The van der Waals surface area contributed by atoms with Crippen molar-refractivity contribution in [1.82, 2.24) is 0 Å². The van der Waals surface area contributed by atoms with Crippen LogP contribution in [-0.4, -0.2) is 23.4 Å². The van der Waals surface area contributed by atoms with Crippen molar-refractivity contribution < 1.29 is 19.2 Å². The first-order chi connectivity index (χ1) is 14.4. The largest absolute Gasteiger partial charge is 0.452 e. The predicted molar refractivity (Wildman–Crippen MR) is 112 cm³/mol. The summed E-state index contributed by atoms with van der Waals surface area (Å²) in [7, 11) is 0. The van der Waals surface area contributed by atoms with Gasteiger partial charge in [-0.3, -0.25) is 14.9 Å². The van der Waals surface area contributed by atoms with Crippen molar-refractivity contribution in [3.63, 3.8) is 0 Å². The number of non-ortho nitro benzene ring substituents is 1. The Hall–Kier alpha value is -4.20. The van der Waals surface area contributed by atoms with Gasteiger partial charge in [-0.1, -0.05) is 48.5 Å². The highest BCUT2D eigenvalue weighted by Crippen LogP contribution is 2.21. The van der Waals surface area contributed by atoms with E-state index in [0.717, 1.165) is 17.2 Å². The Kier molecular flexibility index (Phi) is 6.39. The molecule has 0 aliphatic carbocycles. The number of nitro benzene ring substituents is 1. The molecule has 3 aromatic rings. The Balaban J connectivity index is 1.64. The molecule has 0 aromatic heterocycles. The maximum Gasteiger partial charge on any atom is 0.341 e.